The fourth-order valence-electron chi connectivity index (χ4n) is 1.23. The highest BCUT2D eigenvalue weighted by atomic mass is 19.1. The highest BCUT2D eigenvalue weighted by Gasteiger charge is 2.17. The van der Waals surface area contributed by atoms with Crippen molar-refractivity contribution >= 4 is 0 Å². The lowest BCUT2D eigenvalue weighted by atomic mass is 10.1. The van der Waals surface area contributed by atoms with Gasteiger partial charge in [-0.25, -0.2) is 8.78 Å². The van der Waals surface area contributed by atoms with E-state index in [0.29, 0.717) is 0 Å². The number of halogens is 2. The van der Waals surface area contributed by atoms with E-state index in [0.717, 1.165) is 12.1 Å². The molecule has 0 aliphatic carbocycles. The molecule has 78 valence electrons. The SMILES string of the molecule is Cc1onc(-c2ccc(F)cc2F)c1O. The van der Waals surface area contributed by atoms with Crippen molar-refractivity contribution < 1.29 is 18.4 Å². The number of hydrogen-bond acceptors (Lipinski definition) is 3. The van der Waals surface area contributed by atoms with Gasteiger partial charge in [-0.3, -0.25) is 0 Å². The predicted molar refractivity (Wildman–Crippen MR) is 48.3 cm³/mol. The molecule has 0 atom stereocenters. The van der Waals surface area contributed by atoms with Crippen LogP contribution in [-0.2, 0) is 0 Å². The van der Waals surface area contributed by atoms with Crippen LogP contribution in [0.1, 0.15) is 5.76 Å². The summed E-state index contributed by atoms with van der Waals surface area (Å²) in [7, 11) is 0. The zero-order valence-electron chi connectivity index (χ0n) is 7.79. The zero-order chi connectivity index (χ0) is 11.0. The van der Waals surface area contributed by atoms with Crippen LogP contribution in [0.5, 0.6) is 5.75 Å². The van der Waals surface area contributed by atoms with Crippen molar-refractivity contribution in [3.8, 4) is 17.0 Å². The molecule has 1 N–H and O–H groups in total. The molecular formula is C10H7F2NO2. The molecule has 1 aromatic carbocycles. The summed E-state index contributed by atoms with van der Waals surface area (Å²) in [6.07, 6.45) is 0. The Morgan fingerprint density at radius 1 is 1.33 bits per heavy atom. The fraction of sp³-hybridized carbons (Fsp3) is 0.100. The van der Waals surface area contributed by atoms with E-state index in [4.69, 9.17) is 0 Å². The van der Waals surface area contributed by atoms with Gasteiger partial charge in [-0.1, -0.05) is 5.16 Å². The van der Waals surface area contributed by atoms with Crippen molar-refractivity contribution in [3.63, 3.8) is 0 Å². The highest BCUT2D eigenvalue weighted by molar-refractivity contribution is 5.66. The Balaban J connectivity index is 2.59. The third kappa shape index (κ3) is 1.56. The molecule has 5 heteroatoms. The molecule has 0 bridgehead atoms. The zero-order valence-corrected chi connectivity index (χ0v) is 7.79. The summed E-state index contributed by atoms with van der Waals surface area (Å²) in [6.45, 7) is 1.49. The van der Waals surface area contributed by atoms with Gasteiger partial charge in [-0.2, -0.15) is 0 Å². The second-order valence-electron chi connectivity index (χ2n) is 3.06. The summed E-state index contributed by atoms with van der Waals surface area (Å²) >= 11 is 0. The Hall–Kier alpha value is -1.91. The molecule has 0 spiro atoms. The number of aromatic nitrogens is 1. The van der Waals surface area contributed by atoms with Crippen molar-refractivity contribution in [2.75, 3.05) is 0 Å². The number of rotatable bonds is 1. The molecule has 0 fully saturated rings. The van der Waals surface area contributed by atoms with Gasteiger partial charge in [0.15, 0.2) is 17.2 Å². The van der Waals surface area contributed by atoms with E-state index in [1.54, 1.807) is 0 Å². The van der Waals surface area contributed by atoms with E-state index in [9.17, 15) is 13.9 Å². The van der Waals surface area contributed by atoms with Crippen molar-refractivity contribution in [3.05, 3.63) is 35.6 Å². The van der Waals surface area contributed by atoms with Crippen molar-refractivity contribution in [1.29, 1.82) is 0 Å². The van der Waals surface area contributed by atoms with Crippen LogP contribution >= 0.6 is 0 Å². The largest absolute Gasteiger partial charge is 0.503 e. The molecule has 0 amide bonds. The van der Waals surface area contributed by atoms with Gasteiger partial charge in [-0.05, 0) is 12.1 Å². The normalized spacial score (nSPS) is 10.6. The number of aromatic hydroxyl groups is 1. The van der Waals surface area contributed by atoms with Crippen LogP contribution in [0, 0.1) is 18.6 Å². The molecule has 15 heavy (non-hydrogen) atoms. The molecule has 0 unspecified atom stereocenters. The molecule has 0 aliphatic heterocycles. The predicted octanol–water partition coefficient (Wildman–Crippen LogP) is 2.63. The molecular weight excluding hydrogens is 204 g/mol. The van der Waals surface area contributed by atoms with E-state index < -0.39 is 11.6 Å². The average molecular weight is 211 g/mol. The van der Waals surface area contributed by atoms with E-state index in [-0.39, 0.29) is 22.8 Å². The first-order valence-corrected chi connectivity index (χ1v) is 4.20. The summed E-state index contributed by atoms with van der Waals surface area (Å²) in [5, 5.41) is 13.0. The average Bonchev–Trinajstić information content (AvgIpc) is 2.49. The first-order valence-electron chi connectivity index (χ1n) is 4.20. The summed E-state index contributed by atoms with van der Waals surface area (Å²) in [6, 6.07) is 3.00. The fourth-order valence-corrected chi connectivity index (χ4v) is 1.23. The van der Waals surface area contributed by atoms with Crippen molar-refractivity contribution in [2.24, 2.45) is 0 Å². The van der Waals surface area contributed by atoms with Crippen molar-refractivity contribution in [1.82, 2.24) is 5.16 Å². The number of hydrogen-bond donors (Lipinski definition) is 1. The highest BCUT2D eigenvalue weighted by Crippen LogP contribution is 2.32. The third-order valence-electron chi connectivity index (χ3n) is 2.02. The van der Waals surface area contributed by atoms with Crippen LogP contribution in [0.4, 0.5) is 8.78 Å². The molecule has 0 radical (unpaired) electrons. The smallest absolute Gasteiger partial charge is 0.186 e. The Kier molecular flexibility index (Phi) is 2.15. The van der Waals surface area contributed by atoms with Crippen LogP contribution in [-0.4, -0.2) is 10.3 Å². The number of aryl methyl sites for hydroxylation is 1. The summed E-state index contributed by atoms with van der Waals surface area (Å²) in [5.41, 5.74) is -0.0178. The van der Waals surface area contributed by atoms with Crippen LogP contribution in [0.25, 0.3) is 11.3 Å². The summed E-state index contributed by atoms with van der Waals surface area (Å²) in [5.74, 6) is -1.52. The van der Waals surface area contributed by atoms with Gasteiger partial charge in [0.25, 0.3) is 0 Å². The van der Waals surface area contributed by atoms with E-state index in [1.165, 1.54) is 13.0 Å². The number of nitrogens with zero attached hydrogens (tertiary/aromatic N) is 1. The Labute approximate surface area is 83.9 Å². The molecule has 0 aliphatic rings. The first kappa shape index (κ1) is 9.64. The van der Waals surface area contributed by atoms with Crippen LogP contribution in [0.3, 0.4) is 0 Å². The quantitative estimate of drug-likeness (QED) is 0.788. The lowest BCUT2D eigenvalue weighted by Crippen LogP contribution is -1.86. The van der Waals surface area contributed by atoms with Gasteiger partial charge in [0.05, 0.1) is 0 Å². The molecule has 2 rings (SSSR count). The molecule has 2 aromatic rings. The standard InChI is InChI=1S/C10H7F2NO2/c1-5-10(14)9(13-15-5)7-3-2-6(11)4-8(7)12/h2-4,14H,1H3. The van der Waals surface area contributed by atoms with Crippen LogP contribution in [0.2, 0.25) is 0 Å². The second-order valence-corrected chi connectivity index (χ2v) is 3.06. The molecule has 0 saturated heterocycles. The minimum Gasteiger partial charge on any atom is -0.503 e. The summed E-state index contributed by atoms with van der Waals surface area (Å²) < 4.78 is 30.6. The third-order valence-corrected chi connectivity index (χ3v) is 2.02. The Morgan fingerprint density at radius 3 is 2.60 bits per heavy atom. The maximum Gasteiger partial charge on any atom is 0.186 e. The topological polar surface area (TPSA) is 46.3 Å². The van der Waals surface area contributed by atoms with Gasteiger partial charge in [0.1, 0.15) is 11.6 Å². The van der Waals surface area contributed by atoms with E-state index in [2.05, 4.69) is 9.68 Å². The van der Waals surface area contributed by atoms with Gasteiger partial charge >= 0.3 is 0 Å². The first-order chi connectivity index (χ1) is 7.09. The maximum absolute atomic E-state index is 13.3. The maximum atomic E-state index is 13.3. The lowest BCUT2D eigenvalue weighted by molar-refractivity contribution is 0.384. The minimum absolute atomic E-state index is 0.00532. The number of benzene rings is 1. The van der Waals surface area contributed by atoms with Crippen molar-refractivity contribution in [2.45, 2.75) is 6.92 Å². The summed E-state index contributed by atoms with van der Waals surface area (Å²) in [4.78, 5) is 0. The van der Waals surface area contributed by atoms with E-state index in [1.807, 2.05) is 0 Å². The molecule has 3 nitrogen and oxygen atoms in total. The second kappa shape index (κ2) is 3.34. The van der Waals surface area contributed by atoms with E-state index >= 15 is 0 Å². The van der Waals surface area contributed by atoms with Gasteiger partial charge in [0.2, 0.25) is 0 Å². The minimum atomic E-state index is -0.793. The Morgan fingerprint density at radius 2 is 2.07 bits per heavy atom. The van der Waals surface area contributed by atoms with Crippen LogP contribution < -0.4 is 0 Å². The molecule has 1 heterocycles. The molecule has 0 saturated carbocycles. The molecule has 1 aromatic heterocycles. The van der Waals surface area contributed by atoms with Gasteiger partial charge < -0.3 is 9.63 Å². The lowest BCUT2D eigenvalue weighted by Gasteiger charge is -1.98. The monoisotopic (exact) mass is 211 g/mol. The van der Waals surface area contributed by atoms with Gasteiger partial charge in [0, 0.05) is 18.6 Å². The Bertz CT molecular complexity index is 508. The van der Waals surface area contributed by atoms with Crippen LogP contribution in [0.15, 0.2) is 22.7 Å². The van der Waals surface area contributed by atoms with Gasteiger partial charge in [-0.15, -0.1) is 0 Å².